The lowest BCUT2D eigenvalue weighted by molar-refractivity contribution is 0.254. The van der Waals surface area contributed by atoms with Gasteiger partial charge in [-0.15, -0.1) is 0 Å². The van der Waals surface area contributed by atoms with E-state index in [0.29, 0.717) is 27.2 Å². The highest BCUT2D eigenvalue weighted by Crippen LogP contribution is 2.30. The van der Waals surface area contributed by atoms with Crippen LogP contribution in [0.15, 0.2) is 54.7 Å². The fourth-order valence-corrected chi connectivity index (χ4v) is 3.48. The molecule has 0 unspecified atom stereocenters. The molecule has 4 aromatic rings. The minimum absolute atomic E-state index is 0.326. The van der Waals surface area contributed by atoms with Gasteiger partial charge in [-0.2, -0.15) is 5.10 Å². The van der Waals surface area contributed by atoms with Crippen molar-refractivity contribution in [3.05, 3.63) is 70.6 Å². The van der Waals surface area contributed by atoms with Crippen molar-refractivity contribution in [3.8, 4) is 11.1 Å². The number of nitrogens with one attached hydrogen (secondary N) is 3. The van der Waals surface area contributed by atoms with Gasteiger partial charge < -0.3 is 5.32 Å². The fraction of sp³-hybridized carbons (Fsp3) is 0.0500. The number of rotatable bonds is 4. The molecule has 152 valence electrons. The van der Waals surface area contributed by atoms with E-state index >= 15 is 0 Å². The third-order valence-electron chi connectivity index (χ3n) is 4.28. The van der Waals surface area contributed by atoms with Gasteiger partial charge in [0.2, 0.25) is 0 Å². The second kappa shape index (κ2) is 8.17. The van der Waals surface area contributed by atoms with Crippen molar-refractivity contribution >= 4 is 51.8 Å². The van der Waals surface area contributed by atoms with Crippen LogP contribution in [0.1, 0.15) is 0 Å². The lowest BCUT2D eigenvalue weighted by atomic mass is 10.0. The molecule has 0 aliphatic heterocycles. The van der Waals surface area contributed by atoms with Crippen LogP contribution in [0.25, 0.3) is 22.2 Å². The van der Waals surface area contributed by atoms with Crippen LogP contribution in [-0.2, 0) is 7.05 Å². The Kier molecular flexibility index (Phi) is 5.43. The molecule has 0 saturated heterocycles. The molecule has 2 aromatic carbocycles. The van der Waals surface area contributed by atoms with Crippen molar-refractivity contribution in [1.82, 2.24) is 20.2 Å². The first-order valence-corrected chi connectivity index (χ1v) is 9.52. The molecule has 0 aliphatic carbocycles. The number of hydrogen-bond acceptors (Lipinski definition) is 4. The third-order valence-corrected chi connectivity index (χ3v) is 4.72. The maximum atomic E-state index is 13.3. The van der Waals surface area contributed by atoms with Crippen molar-refractivity contribution in [2.24, 2.45) is 7.05 Å². The number of benzene rings is 2. The number of hydrogen-bond donors (Lipinski definition) is 3. The molecule has 0 radical (unpaired) electrons. The number of carbonyl (C=O) groups excluding carboxylic acids is 1. The highest BCUT2D eigenvalue weighted by atomic mass is 35.5. The van der Waals surface area contributed by atoms with Gasteiger partial charge in [-0.3, -0.25) is 15.5 Å². The maximum absolute atomic E-state index is 13.3. The number of carbonyl (C=O) groups is 1. The first kappa shape index (κ1) is 19.9. The number of aromatic nitrogens is 3. The van der Waals surface area contributed by atoms with E-state index in [9.17, 15) is 9.18 Å². The molecule has 0 saturated carbocycles. The van der Waals surface area contributed by atoms with Gasteiger partial charge in [0.05, 0.1) is 6.20 Å². The summed E-state index contributed by atoms with van der Waals surface area (Å²) in [6.07, 6.45) is 1.69. The zero-order chi connectivity index (χ0) is 21.3. The van der Waals surface area contributed by atoms with Crippen LogP contribution in [-0.4, -0.2) is 20.8 Å². The number of hydrazine groups is 1. The fourth-order valence-electron chi connectivity index (χ4n) is 2.96. The summed E-state index contributed by atoms with van der Waals surface area (Å²) in [5.41, 5.74) is 7.90. The molecular weight excluding hydrogens is 430 g/mol. The molecule has 4 rings (SSSR count). The Balaban J connectivity index is 1.57. The van der Waals surface area contributed by atoms with E-state index in [1.807, 2.05) is 0 Å². The minimum Gasteiger partial charge on any atom is -0.306 e. The Bertz CT molecular complexity index is 1220. The minimum atomic E-state index is -0.538. The smallest absolute Gasteiger partial charge is 0.306 e. The van der Waals surface area contributed by atoms with Gasteiger partial charge >= 0.3 is 6.03 Å². The van der Waals surface area contributed by atoms with Gasteiger partial charge in [-0.1, -0.05) is 35.3 Å². The molecule has 0 spiro atoms. The monoisotopic (exact) mass is 444 g/mol. The number of fused-ring (bicyclic) bond motifs is 1. The van der Waals surface area contributed by atoms with E-state index in [1.165, 1.54) is 12.1 Å². The number of amides is 2. The average Bonchev–Trinajstić information content (AvgIpc) is 3.07. The van der Waals surface area contributed by atoms with Gasteiger partial charge in [-0.05, 0) is 47.5 Å². The summed E-state index contributed by atoms with van der Waals surface area (Å²) in [7, 11) is 1.76. The molecule has 0 fully saturated rings. The van der Waals surface area contributed by atoms with Crippen molar-refractivity contribution in [2.45, 2.75) is 0 Å². The third kappa shape index (κ3) is 4.29. The van der Waals surface area contributed by atoms with Crippen molar-refractivity contribution < 1.29 is 9.18 Å². The number of pyridine rings is 1. The Morgan fingerprint density at radius 2 is 1.77 bits per heavy atom. The Morgan fingerprint density at radius 1 is 1.07 bits per heavy atom. The maximum Gasteiger partial charge on any atom is 0.337 e. The van der Waals surface area contributed by atoms with E-state index < -0.39 is 6.03 Å². The van der Waals surface area contributed by atoms with Crippen molar-refractivity contribution in [2.75, 3.05) is 10.7 Å². The largest absolute Gasteiger partial charge is 0.337 e. The topological polar surface area (TPSA) is 83.9 Å². The highest BCUT2D eigenvalue weighted by Gasteiger charge is 2.12. The van der Waals surface area contributed by atoms with Gasteiger partial charge in [0.25, 0.3) is 0 Å². The normalized spacial score (nSPS) is 10.8. The summed E-state index contributed by atoms with van der Waals surface area (Å²) >= 11 is 11.9. The first-order chi connectivity index (χ1) is 14.4. The zero-order valence-corrected chi connectivity index (χ0v) is 17.1. The van der Waals surface area contributed by atoms with E-state index in [0.717, 1.165) is 16.5 Å². The summed E-state index contributed by atoms with van der Waals surface area (Å²) < 4.78 is 14.9. The summed E-state index contributed by atoms with van der Waals surface area (Å²) in [5, 5.41) is 8.46. The van der Waals surface area contributed by atoms with Crippen LogP contribution < -0.4 is 16.2 Å². The summed E-state index contributed by atoms with van der Waals surface area (Å²) in [6.45, 7) is 0. The standard InChI is InChI=1S/C20H15Cl2FN6O/c1-29-19-17(10-24-29)16(11-2-4-14(23)5-3-11)9-18(26-19)27-28-20(30)25-15-7-12(21)6-13(22)8-15/h2-10H,1H3,(H,26,27)(H2,25,28,30). The van der Waals surface area contributed by atoms with Crippen LogP contribution in [0.4, 0.5) is 20.7 Å². The second-order valence-corrected chi connectivity index (χ2v) is 7.30. The van der Waals surface area contributed by atoms with Crippen LogP contribution in [0.5, 0.6) is 0 Å². The van der Waals surface area contributed by atoms with E-state index in [2.05, 4.69) is 26.3 Å². The number of halogens is 3. The summed E-state index contributed by atoms with van der Waals surface area (Å²) in [4.78, 5) is 16.7. The Morgan fingerprint density at radius 3 is 2.47 bits per heavy atom. The predicted molar refractivity (Wildman–Crippen MR) is 116 cm³/mol. The Hall–Kier alpha value is -3.36. The predicted octanol–water partition coefficient (Wildman–Crippen LogP) is 5.23. The van der Waals surface area contributed by atoms with Crippen molar-refractivity contribution in [3.63, 3.8) is 0 Å². The number of aryl methyl sites for hydroxylation is 1. The van der Waals surface area contributed by atoms with Crippen LogP contribution in [0, 0.1) is 5.82 Å². The number of urea groups is 1. The molecule has 30 heavy (non-hydrogen) atoms. The molecule has 2 heterocycles. The molecule has 7 nitrogen and oxygen atoms in total. The quantitative estimate of drug-likeness (QED) is 0.376. The van der Waals surface area contributed by atoms with Crippen LogP contribution >= 0.6 is 23.2 Å². The molecular formula is C20H15Cl2FN6O. The molecule has 0 bridgehead atoms. The second-order valence-electron chi connectivity index (χ2n) is 6.43. The number of nitrogens with zero attached hydrogens (tertiary/aromatic N) is 3. The lowest BCUT2D eigenvalue weighted by Crippen LogP contribution is -2.34. The van der Waals surface area contributed by atoms with E-state index in [1.54, 1.807) is 54.3 Å². The zero-order valence-electron chi connectivity index (χ0n) is 15.6. The molecule has 0 atom stereocenters. The van der Waals surface area contributed by atoms with E-state index in [4.69, 9.17) is 23.2 Å². The van der Waals surface area contributed by atoms with Gasteiger partial charge in [0.15, 0.2) is 5.65 Å². The van der Waals surface area contributed by atoms with Crippen LogP contribution in [0.3, 0.4) is 0 Å². The molecule has 3 N–H and O–H groups in total. The summed E-state index contributed by atoms with van der Waals surface area (Å²) in [5.74, 6) is 0.0535. The van der Waals surface area contributed by atoms with Gasteiger partial charge in [-0.25, -0.2) is 14.2 Å². The van der Waals surface area contributed by atoms with Gasteiger partial charge in [0, 0.05) is 28.2 Å². The molecule has 2 aromatic heterocycles. The van der Waals surface area contributed by atoms with E-state index in [-0.39, 0.29) is 5.82 Å². The molecule has 10 heteroatoms. The number of anilines is 2. The molecule has 2 amide bonds. The Labute approximate surface area is 180 Å². The van der Waals surface area contributed by atoms with Gasteiger partial charge in [0.1, 0.15) is 11.6 Å². The average molecular weight is 445 g/mol. The highest BCUT2D eigenvalue weighted by molar-refractivity contribution is 6.35. The van der Waals surface area contributed by atoms with Crippen LogP contribution in [0.2, 0.25) is 10.0 Å². The summed E-state index contributed by atoms with van der Waals surface area (Å²) in [6, 6.07) is 12.0. The lowest BCUT2D eigenvalue weighted by Gasteiger charge is -2.12. The molecule has 0 aliphatic rings. The SMILES string of the molecule is Cn1ncc2c(-c3ccc(F)cc3)cc(NNC(=O)Nc3cc(Cl)cc(Cl)c3)nc21. The first-order valence-electron chi connectivity index (χ1n) is 8.77. The van der Waals surface area contributed by atoms with Crippen molar-refractivity contribution in [1.29, 1.82) is 0 Å².